The summed E-state index contributed by atoms with van der Waals surface area (Å²) in [4.78, 5) is 0. The maximum atomic E-state index is 9.24. The first-order chi connectivity index (χ1) is 4.57. The van der Waals surface area contributed by atoms with Crippen LogP contribution in [0.15, 0.2) is 0 Å². The topological polar surface area (TPSA) is 40.5 Å². The molecule has 2 atom stereocenters. The van der Waals surface area contributed by atoms with E-state index in [1.807, 2.05) is 20.8 Å². The van der Waals surface area contributed by atoms with E-state index in [4.69, 9.17) is 5.11 Å². The van der Waals surface area contributed by atoms with Crippen LogP contribution in [0, 0.1) is 5.92 Å². The van der Waals surface area contributed by atoms with Gasteiger partial charge >= 0.3 is 0 Å². The van der Waals surface area contributed by atoms with Gasteiger partial charge in [-0.1, -0.05) is 20.8 Å². The quantitative estimate of drug-likeness (QED) is 0.625. The molecule has 2 heteroatoms. The van der Waals surface area contributed by atoms with Crippen molar-refractivity contribution in [1.29, 1.82) is 0 Å². The molecule has 0 saturated carbocycles. The highest BCUT2D eigenvalue weighted by molar-refractivity contribution is 4.66. The highest BCUT2D eigenvalue weighted by Crippen LogP contribution is 2.09. The second-order valence-corrected chi connectivity index (χ2v) is 3.17. The van der Waals surface area contributed by atoms with Crippen LogP contribution < -0.4 is 0 Å². The van der Waals surface area contributed by atoms with Crippen LogP contribution >= 0.6 is 0 Å². The van der Waals surface area contributed by atoms with Crippen molar-refractivity contribution < 1.29 is 10.2 Å². The lowest BCUT2D eigenvalue weighted by Gasteiger charge is -2.17. The maximum absolute atomic E-state index is 9.24. The zero-order valence-electron chi connectivity index (χ0n) is 7.04. The van der Waals surface area contributed by atoms with Gasteiger partial charge in [0.25, 0.3) is 0 Å². The zero-order valence-corrected chi connectivity index (χ0v) is 7.04. The van der Waals surface area contributed by atoms with E-state index in [0.29, 0.717) is 18.8 Å². The van der Waals surface area contributed by atoms with Crippen molar-refractivity contribution in [2.75, 3.05) is 0 Å². The Labute approximate surface area is 62.9 Å². The molecule has 0 unspecified atom stereocenters. The normalized spacial score (nSPS) is 17.4. The van der Waals surface area contributed by atoms with E-state index in [-0.39, 0.29) is 0 Å². The third-order valence-electron chi connectivity index (χ3n) is 1.58. The van der Waals surface area contributed by atoms with Crippen LogP contribution in [0.25, 0.3) is 0 Å². The minimum Gasteiger partial charge on any atom is -0.390 e. The molecule has 0 bridgehead atoms. The Hall–Kier alpha value is -0.0800. The molecule has 0 aromatic rings. The minimum absolute atomic E-state index is 0.455. The third-order valence-corrected chi connectivity index (χ3v) is 1.58. The fourth-order valence-corrected chi connectivity index (χ4v) is 0.912. The van der Waals surface area contributed by atoms with Crippen LogP contribution in [-0.4, -0.2) is 22.4 Å². The largest absolute Gasteiger partial charge is 0.390 e. The second kappa shape index (κ2) is 4.69. The summed E-state index contributed by atoms with van der Waals surface area (Å²) in [5, 5.41) is 18.4. The van der Waals surface area contributed by atoms with Gasteiger partial charge in [0, 0.05) is 0 Å². The molecule has 2 N–H and O–H groups in total. The van der Waals surface area contributed by atoms with Gasteiger partial charge in [-0.15, -0.1) is 0 Å². The van der Waals surface area contributed by atoms with Gasteiger partial charge in [0.05, 0.1) is 12.2 Å². The van der Waals surface area contributed by atoms with Crippen molar-refractivity contribution in [2.45, 2.75) is 45.8 Å². The lowest BCUT2D eigenvalue weighted by atomic mass is 10.0. The van der Waals surface area contributed by atoms with Gasteiger partial charge in [0.15, 0.2) is 0 Å². The monoisotopic (exact) mass is 146 g/mol. The summed E-state index contributed by atoms with van der Waals surface area (Å²) in [6, 6.07) is 0. The van der Waals surface area contributed by atoms with Crippen LogP contribution in [-0.2, 0) is 0 Å². The van der Waals surface area contributed by atoms with Gasteiger partial charge in [0.2, 0.25) is 0 Å². The molecule has 2 nitrogen and oxygen atoms in total. The Morgan fingerprint density at radius 3 is 1.90 bits per heavy atom. The summed E-state index contributed by atoms with van der Waals surface area (Å²) in [6.45, 7) is 5.94. The van der Waals surface area contributed by atoms with Crippen LogP contribution in [0.2, 0.25) is 0 Å². The van der Waals surface area contributed by atoms with Crippen LogP contribution in [0.4, 0.5) is 0 Å². The highest BCUT2D eigenvalue weighted by atomic mass is 16.3. The van der Waals surface area contributed by atoms with Crippen molar-refractivity contribution in [3.05, 3.63) is 0 Å². The number of hydrogen-bond acceptors (Lipinski definition) is 2. The predicted molar refractivity (Wildman–Crippen MR) is 41.8 cm³/mol. The summed E-state index contributed by atoms with van der Waals surface area (Å²) < 4.78 is 0. The first-order valence-corrected chi connectivity index (χ1v) is 3.94. The molecule has 0 radical (unpaired) electrons. The molecular formula is C8H18O2. The van der Waals surface area contributed by atoms with E-state index in [0.717, 1.165) is 0 Å². The van der Waals surface area contributed by atoms with Crippen LogP contribution in [0.3, 0.4) is 0 Å². The molecular weight excluding hydrogens is 128 g/mol. The highest BCUT2D eigenvalue weighted by Gasteiger charge is 2.14. The minimum atomic E-state index is -0.539. The number of hydrogen-bond donors (Lipinski definition) is 2. The lowest BCUT2D eigenvalue weighted by Crippen LogP contribution is -2.26. The van der Waals surface area contributed by atoms with Crippen LogP contribution in [0.5, 0.6) is 0 Å². The molecule has 0 spiro atoms. The smallest absolute Gasteiger partial charge is 0.0801 e. The Morgan fingerprint density at radius 1 is 1.10 bits per heavy atom. The fraction of sp³-hybridized carbons (Fsp3) is 1.00. The molecule has 62 valence electrons. The molecule has 0 saturated heterocycles. The molecule has 0 aliphatic rings. The lowest BCUT2D eigenvalue weighted by molar-refractivity contribution is 0.00588. The predicted octanol–water partition coefficient (Wildman–Crippen LogP) is 1.16. The van der Waals surface area contributed by atoms with E-state index in [1.54, 1.807) is 0 Å². The van der Waals surface area contributed by atoms with E-state index < -0.39 is 12.2 Å². The number of rotatable bonds is 4. The Morgan fingerprint density at radius 2 is 1.60 bits per heavy atom. The fourth-order valence-electron chi connectivity index (χ4n) is 0.912. The molecule has 0 amide bonds. The van der Waals surface area contributed by atoms with Gasteiger partial charge < -0.3 is 10.2 Å². The van der Waals surface area contributed by atoms with E-state index in [2.05, 4.69) is 0 Å². The molecule has 0 aliphatic heterocycles. The molecule has 0 rings (SSSR count). The van der Waals surface area contributed by atoms with E-state index in [1.165, 1.54) is 0 Å². The van der Waals surface area contributed by atoms with Gasteiger partial charge in [-0.3, -0.25) is 0 Å². The molecule has 0 fully saturated rings. The Kier molecular flexibility index (Phi) is 4.65. The average molecular weight is 146 g/mol. The summed E-state index contributed by atoms with van der Waals surface area (Å²) in [5.41, 5.74) is 0. The molecule has 0 aromatic heterocycles. The standard InChI is InChI=1S/C8H18O2/c1-4-7(9)8(10)5-6(2)3/h6-10H,4-5H2,1-3H3/t7-,8-/m0/s1. The summed E-state index contributed by atoms with van der Waals surface area (Å²) in [7, 11) is 0. The molecule has 10 heavy (non-hydrogen) atoms. The molecule has 0 aliphatic carbocycles. The summed E-state index contributed by atoms with van der Waals surface area (Å²) >= 11 is 0. The number of aliphatic hydroxyl groups excluding tert-OH is 2. The average Bonchev–Trinajstić information content (AvgIpc) is 1.85. The first-order valence-electron chi connectivity index (χ1n) is 3.94. The first kappa shape index (κ1) is 9.92. The van der Waals surface area contributed by atoms with Crippen molar-refractivity contribution in [1.82, 2.24) is 0 Å². The van der Waals surface area contributed by atoms with Crippen molar-refractivity contribution in [3.8, 4) is 0 Å². The Bertz CT molecular complexity index is 81.3. The van der Waals surface area contributed by atoms with Gasteiger partial charge in [-0.05, 0) is 18.8 Å². The van der Waals surface area contributed by atoms with Crippen molar-refractivity contribution >= 4 is 0 Å². The third kappa shape index (κ3) is 3.85. The van der Waals surface area contributed by atoms with Crippen LogP contribution in [0.1, 0.15) is 33.6 Å². The van der Waals surface area contributed by atoms with E-state index in [9.17, 15) is 5.11 Å². The van der Waals surface area contributed by atoms with E-state index >= 15 is 0 Å². The van der Waals surface area contributed by atoms with Gasteiger partial charge in [-0.2, -0.15) is 0 Å². The van der Waals surface area contributed by atoms with Gasteiger partial charge in [-0.25, -0.2) is 0 Å². The maximum Gasteiger partial charge on any atom is 0.0801 e. The summed E-state index contributed by atoms with van der Waals surface area (Å²) in [5.74, 6) is 0.455. The summed E-state index contributed by atoms with van der Waals surface area (Å²) in [6.07, 6.45) is 0.246. The second-order valence-electron chi connectivity index (χ2n) is 3.17. The zero-order chi connectivity index (χ0) is 8.15. The van der Waals surface area contributed by atoms with Crippen molar-refractivity contribution in [3.63, 3.8) is 0 Å². The van der Waals surface area contributed by atoms with Crippen molar-refractivity contribution in [2.24, 2.45) is 5.92 Å². The SMILES string of the molecule is CC[C@H](O)[C@@H](O)CC(C)C. The van der Waals surface area contributed by atoms with Gasteiger partial charge in [0.1, 0.15) is 0 Å². The molecule has 0 heterocycles. The number of aliphatic hydroxyl groups is 2. The molecule has 0 aromatic carbocycles. The Balaban J connectivity index is 3.50.